The maximum atomic E-state index is 12.2. The topological polar surface area (TPSA) is 88.5 Å². The number of ketones is 1. The van der Waals surface area contributed by atoms with E-state index in [1.165, 1.54) is 0 Å². The van der Waals surface area contributed by atoms with Crippen LogP contribution in [-0.4, -0.2) is 35.0 Å². The standard InChI is InChI=1S/C21H24N2O4/c24-19-8-6-16-13-18(7-5-15(16)12-17(19)14-21(25)26)27-11-3-10-23-20-4-1-2-9-22-20/h1-2,4-5,7,9,13,17H,3,6,8,10-12,14H2,(H,22,23)(H,25,26). The van der Waals surface area contributed by atoms with Gasteiger partial charge in [-0.2, -0.15) is 0 Å². The number of Topliss-reactive ketones (excluding diaryl/α,β-unsaturated/α-hetero) is 1. The van der Waals surface area contributed by atoms with Crippen molar-refractivity contribution < 1.29 is 19.4 Å². The lowest BCUT2D eigenvalue weighted by Crippen LogP contribution is -2.19. The fourth-order valence-electron chi connectivity index (χ4n) is 3.31. The van der Waals surface area contributed by atoms with Crippen molar-refractivity contribution in [2.75, 3.05) is 18.5 Å². The quantitative estimate of drug-likeness (QED) is 0.550. The van der Waals surface area contributed by atoms with Crippen LogP contribution in [0.1, 0.15) is 30.4 Å². The van der Waals surface area contributed by atoms with E-state index in [0.717, 1.165) is 35.7 Å². The molecule has 2 aromatic rings. The number of aryl methyl sites for hydroxylation is 1. The molecule has 1 aliphatic carbocycles. The number of hydrogen-bond acceptors (Lipinski definition) is 5. The molecular formula is C21H24N2O4. The molecule has 142 valence electrons. The predicted octanol–water partition coefficient (Wildman–Crippen LogP) is 3.11. The Morgan fingerprint density at radius 2 is 2.11 bits per heavy atom. The van der Waals surface area contributed by atoms with Crippen molar-refractivity contribution in [2.45, 2.75) is 32.1 Å². The molecule has 6 nitrogen and oxygen atoms in total. The average molecular weight is 368 g/mol. The molecule has 0 aliphatic heterocycles. The first-order valence-electron chi connectivity index (χ1n) is 9.26. The molecule has 0 amide bonds. The molecule has 0 saturated carbocycles. The Balaban J connectivity index is 1.50. The van der Waals surface area contributed by atoms with Crippen LogP contribution in [0.4, 0.5) is 5.82 Å². The average Bonchev–Trinajstić information content (AvgIpc) is 2.81. The number of carboxylic acid groups (broad SMARTS) is 1. The number of carboxylic acids is 1. The second-order valence-electron chi connectivity index (χ2n) is 6.74. The molecule has 1 aliphatic rings. The first-order chi connectivity index (χ1) is 13.1. The highest BCUT2D eigenvalue weighted by atomic mass is 16.5. The summed E-state index contributed by atoms with van der Waals surface area (Å²) in [6, 6.07) is 11.6. The van der Waals surface area contributed by atoms with Gasteiger partial charge in [-0.3, -0.25) is 9.59 Å². The number of anilines is 1. The predicted molar refractivity (Wildman–Crippen MR) is 102 cm³/mol. The van der Waals surface area contributed by atoms with Gasteiger partial charge in [0.25, 0.3) is 0 Å². The summed E-state index contributed by atoms with van der Waals surface area (Å²) >= 11 is 0. The molecule has 0 bridgehead atoms. The summed E-state index contributed by atoms with van der Waals surface area (Å²) < 4.78 is 5.83. The maximum absolute atomic E-state index is 12.2. The molecule has 0 spiro atoms. The summed E-state index contributed by atoms with van der Waals surface area (Å²) in [5, 5.41) is 12.2. The molecule has 1 aromatic heterocycles. The van der Waals surface area contributed by atoms with Crippen LogP contribution in [0.5, 0.6) is 5.75 Å². The van der Waals surface area contributed by atoms with E-state index >= 15 is 0 Å². The summed E-state index contributed by atoms with van der Waals surface area (Å²) in [6.45, 7) is 1.35. The van der Waals surface area contributed by atoms with Gasteiger partial charge >= 0.3 is 5.97 Å². The smallest absolute Gasteiger partial charge is 0.304 e. The molecule has 0 saturated heterocycles. The molecule has 1 aromatic carbocycles. The maximum Gasteiger partial charge on any atom is 0.304 e. The van der Waals surface area contributed by atoms with Gasteiger partial charge < -0.3 is 15.2 Å². The van der Waals surface area contributed by atoms with Gasteiger partial charge in [-0.05, 0) is 54.7 Å². The zero-order chi connectivity index (χ0) is 19.1. The number of nitrogens with one attached hydrogen (secondary N) is 1. The van der Waals surface area contributed by atoms with E-state index in [1.807, 2.05) is 36.4 Å². The van der Waals surface area contributed by atoms with Crippen LogP contribution in [-0.2, 0) is 22.4 Å². The third-order valence-corrected chi connectivity index (χ3v) is 4.72. The lowest BCUT2D eigenvalue weighted by Gasteiger charge is -2.13. The minimum absolute atomic E-state index is 0.0386. The molecule has 2 N–H and O–H groups in total. The van der Waals surface area contributed by atoms with E-state index in [-0.39, 0.29) is 12.2 Å². The Kier molecular flexibility index (Phi) is 6.41. The van der Waals surface area contributed by atoms with E-state index in [9.17, 15) is 9.59 Å². The fourth-order valence-corrected chi connectivity index (χ4v) is 3.31. The Morgan fingerprint density at radius 3 is 2.89 bits per heavy atom. The van der Waals surface area contributed by atoms with Crippen LogP contribution in [0.15, 0.2) is 42.6 Å². The number of nitrogens with zero attached hydrogens (tertiary/aromatic N) is 1. The summed E-state index contributed by atoms with van der Waals surface area (Å²) in [7, 11) is 0. The third-order valence-electron chi connectivity index (χ3n) is 4.72. The molecule has 3 rings (SSSR count). The van der Waals surface area contributed by atoms with Gasteiger partial charge in [0, 0.05) is 25.1 Å². The monoisotopic (exact) mass is 368 g/mol. The summed E-state index contributed by atoms with van der Waals surface area (Å²) in [6.07, 6.45) is 4.02. The highest BCUT2D eigenvalue weighted by molar-refractivity contribution is 5.86. The SMILES string of the molecule is O=C(O)CC1Cc2ccc(OCCCNc3ccccn3)cc2CCC1=O. The largest absolute Gasteiger partial charge is 0.494 e. The molecule has 0 radical (unpaired) electrons. The lowest BCUT2D eigenvalue weighted by atomic mass is 9.93. The van der Waals surface area contributed by atoms with Crippen molar-refractivity contribution in [2.24, 2.45) is 5.92 Å². The normalized spacial score (nSPS) is 16.3. The number of aromatic nitrogens is 1. The van der Waals surface area contributed by atoms with Crippen LogP contribution in [0.25, 0.3) is 0 Å². The Labute approximate surface area is 158 Å². The van der Waals surface area contributed by atoms with Gasteiger partial charge in [-0.25, -0.2) is 4.98 Å². The molecule has 1 atom stereocenters. The first-order valence-corrected chi connectivity index (χ1v) is 9.26. The molecular weight excluding hydrogens is 344 g/mol. The van der Waals surface area contributed by atoms with Crippen molar-refractivity contribution in [3.05, 3.63) is 53.7 Å². The summed E-state index contributed by atoms with van der Waals surface area (Å²) in [5.41, 5.74) is 2.14. The van der Waals surface area contributed by atoms with E-state index in [2.05, 4.69) is 10.3 Å². The van der Waals surface area contributed by atoms with E-state index in [0.29, 0.717) is 25.9 Å². The summed E-state index contributed by atoms with van der Waals surface area (Å²) in [5.74, 6) is 0.333. The van der Waals surface area contributed by atoms with Crippen LogP contribution in [0.2, 0.25) is 0 Å². The second kappa shape index (κ2) is 9.16. The molecule has 6 heteroatoms. The van der Waals surface area contributed by atoms with Crippen LogP contribution < -0.4 is 10.1 Å². The lowest BCUT2D eigenvalue weighted by molar-refractivity contribution is -0.140. The third kappa shape index (κ3) is 5.54. The van der Waals surface area contributed by atoms with Gasteiger partial charge in [0.15, 0.2) is 0 Å². The highest BCUT2D eigenvalue weighted by Crippen LogP contribution is 2.27. The van der Waals surface area contributed by atoms with Crippen LogP contribution in [0.3, 0.4) is 0 Å². The van der Waals surface area contributed by atoms with E-state index in [1.54, 1.807) is 6.20 Å². The van der Waals surface area contributed by atoms with Crippen LogP contribution in [0, 0.1) is 5.92 Å². The summed E-state index contributed by atoms with van der Waals surface area (Å²) in [4.78, 5) is 27.3. The van der Waals surface area contributed by atoms with Crippen molar-refractivity contribution in [1.29, 1.82) is 0 Å². The number of carbonyl (C=O) groups excluding carboxylic acids is 1. The van der Waals surface area contributed by atoms with Gasteiger partial charge in [0.05, 0.1) is 13.0 Å². The van der Waals surface area contributed by atoms with Crippen molar-refractivity contribution in [3.63, 3.8) is 0 Å². The van der Waals surface area contributed by atoms with E-state index in [4.69, 9.17) is 9.84 Å². The molecule has 27 heavy (non-hydrogen) atoms. The van der Waals surface area contributed by atoms with Crippen molar-refractivity contribution in [3.8, 4) is 5.75 Å². The van der Waals surface area contributed by atoms with Gasteiger partial charge in [-0.1, -0.05) is 12.1 Å². The number of carbonyl (C=O) groups is 2. The molecule has 1 unspecified atom stereocenters. The second-order valence-corrected chi connectivity index (χ2v) is 6.74. The number of fused-ring (bicyclic) bond motifs is 1. The number of ether oxygens (including phenoxy) is 1. The molecule has 0 fully saturated rings. The van der Waals surface area contributed by atoms with Gasteiger partial charge in [0.2, 0.25) is 0 Å². The first kappa shape index (κ1) is 18.9. The minimum atomic E-state index is -0.920. The Hall–Kier alpha value is -2.89. The van der Waals surface area contributed by atoms with Gasteiger partial charge in [-0.15, -0.1) is 0 Å². The molecule has 1 heterocycles. The zero-order valence-electron chi connectivity index (χ0n) is 15.2. The number of benzene rings is 1. The Morgan fingerprint density at radius 1 is 1.22 bits per heavy atom. The number of hydrogen-bond donors (Lipinski definition) is 2. The van der Waals surface area contributed by atoms with Crippen molar-refractivity contribution >= 4 is 17.6 Å². The number of pyridine rings is 1. The van der Waals surface area contributed by atoms with E-state index < -0.39 is 11.9 Å². The Bertz CT molecular complexity index is 792. The number of aliphatic carboxylic acids is 1. The van der Waals surface area contributed by atoms with Gasteiger partial charge in [0.1, 0.15) is 17.4 Å². The van der Waals surface area contributed by atoms with Crippen LogP contribution >= 0.6 is 0 Å². The van der Waals surface area contributed by atoms with Crippen molar-refractivity contribution in [1.82, 2.24) is 4.98 Å². The minimum Gasteiger partial charge on any atom is -0.494 e. The number of rotatable bonds is 8. The zero-order valence-corrected chi connectivity index (χ0v) is 15.2. The fraction of sp³-hybridized carbons (Fsp3) is 0.381. The highest BCUT2D eigenvalue weighted by Gasteiger charge is 2.26.